The van der Waals surface area contributed by atoms with Gasteiger partial charge in [-0.15, -0.1) is 0 Å². The van der Waals surface area contributed by atoms with Gasteiger partial charge in [-0.25, -0.2) is 10.2 Å². The fraction of sp³-hybridized carbons (Fsp3) is 0.0909. The minimum absolute atomic E-state index is 0.171. The quantitative estimate of drug-likeness (QED) is 0.603. The summed E-state index contributed by atoms with van der Waals surface area (Å²) in [5.41, 5.74) is 0.649. The summed E-state index contributed by atoms with van der Waals surface area (Å²) in [6.07, 6.45) is 2.28. The summed E-state index contributed by atoms with van der Waals surface area (Å²) in [6.45, 7) is 0. The summed E-state index contributed by atoms with van der Waals surface area (Å²) in [5.74, 6) is 0.701. The fourth-order valence-corrected chi connectivity index (χ4v) is 1.52. The zero-order valence-electron chi connectivity index (χ0n) is 8.90. The van der Waals surface area contributed by atoms with Gasteiger partial charge in [0.15, 0.2) is 0 Å². The third kappa shape index (κ3) is 2.93. The summed E-state index contributed by atoms with van der Waals surface area (Å²) in [6, 6.07) is 4.85. The Bertz CT molecular complexity index is 566. The lowest BCUT2D eigenvalue weighted by Crippen LogP contribution is -1.86. The molecule has 0 saturated heterocycles. The number of carbonyl (C=O) groups excluding carboxylic acids is 1. The minimum Gasteiger partial charge on any atom is -0.507 e. The van der Waals surface area contributed by atoms with Crippen LogP contribution < -0.4 is 4.74 Å². The summed E-state index contributed by atoms with van der Waals surface area (Å²) in [4.78, 5) is 12.4. The molecule has 6 heteroatoms. The number of benzene rings is 1. The van der Waals surface area contributed by atoms with Crippen LogP contribution in [0.4, 0.5) is 0 Å². The Balaban J connectivity index is 0.000000437. The van der Waals surface area contributed by atoms with Crippen LogP contribution >= 0.6 is 11.6 Å². The van der Waals surface area contributed by atoms with Gasteiger partial charge in [0.25, 0.3) is 0 Å². The van der Waals surface area contributed by atoms with E-state index in [1.807, 2.05) is 0 Å². The van der Waals surface area contributed by atoms with Gasteiger partial charge in [-0.2, -0.15) is 0 Å². The average molecular weight is 253 g/mol. The molecule has 0 saturated carbocycles. The van der Waals surface area contributed by atoms with Gasteiger partial charge < -0.3 is 9.84 Å². The molecule has 1 aromatic carbocycles. The highest BCUT2D eigenvalue weighted by molar-refractivity contribution is 6.32. The molecule has 1 aromatic heterocycles. The smallest absolute Gasteiger partial charge is 0.231 e. The molecule has 88 valence electrons. The number of aromatic nitrogens is 1. The van der Waals surface area contributed by atoms with Gasteiger partial charge in [0.05, 0.1) is 17.6 Å². The van der Waals surface area contributed by atoms with Gasteiger partial charge in [-0.05, 0) is 18.2 Å². The van der Waals surface area contributed by atoms with Crippen LogP contribution in [0, 0.1) is 5.41 Å². The van der Waals surface area contributed by atoms with Crippen molar-refractivity contribution in [2.24, 2.45) is 0 Å². The van der Waals surface area contributed by atoms with Crippen LogP contribution in [0.2, 0.25) is 5.02 Å². The highest BCUT2D eigenvalue weighted by Crippen LogP contribution is 2.32. The van der Waals surface area contributed by atoms with E-state index in [0.717, 1.165) is 6.08 Å². The van der Waals surface area contributed by atoms with Crippen LogP contribution in [0.25, 0.3) is 10.9 Å². The molecule has 0 unspecified atom stereocenters. The van der Waals surface area contributed by atoms with Crippen molar-refractivity contribution in [2.75, 3.05) is 7.11 Å². The first-order chi connectivity index (χ1) is 8.13. The normalized spacial score (nSPS) is 9.06. The van der Waals surface area contributed by atoms with Crippen LogP contribution in [-0.2, 0) is 4.79 Å². The molecule has 0 amide bonds. The molecule has 1 heterocycles. The first-order valence-electron chi connectivity index (χ1n) is 4.49. The first kappa shape index (κ1) is 13.0. The van der Waals surface area contributed by atoms with Gasteiger partial charge in [-0.1, -0.05) is 11.6 Å². The van der Waals surface area contributed by atoms with Crippen molar-refractivity contribution in [2.45, 2.75) is 0 Å². The number of rotatable bonds is 1. The molecule has 0 aliphatic carbocycles. The summed E-state index contributed by atoms with van der Waals surface area (Å²) < 4.78 is 5.04. The Labute approximate surface area is 102 Å². The van der Waals surface area contributed by atoms with Crippen LogP contribution in [0.15, 0.2) is 24.4 Å². The molecule has 2 aromatic rings. The topological polar surface area (TPSA) is 83.3 Å². The third-order valence-corrected chi connectivity index (χ3v) is 2.29. The van der Waals surface area contributed by atoms with E-state index in [9.17, 15) is 5.11 Å². The molecule has 0 aliphatic rings. The Morgan fingerprint density at radius 1 is 1.53 bits per heavy atom. The Morgan fingerprint density at radius 2 is 2.18 bits per heavy atom. The van der Waals surface area contributed by atoms with Gasteiger partial charge in [0, 0.05) is 11.6 Å². The van der Waals surface area contributed by atoms with Crippen molar-refractivity contribution in [1.29, 1.82) is 5.41 Å². The Kier molecular flexibility index (Phi) is 4.46. The fourth-order valence-electron chi connectivity index (χ4n) is 1.29. The number of isocyanates is 1. The van der Waals surface area contributed by atoms with Gasteiger partial charge in [0.1, 0.15) is 11.5 Å². The first-order valence-corrected chi connectivity index (χ1v) is 4.87. The van der Waals surface area contributed by atoms with E-state index in [2.05, 4.69) is 4.98 Å². The molecular weight excluding hydrogens is 244 g/mol. The lowest BCUT2D eigenvalue weighted by atomic mass is 10.2. The Morgan fingerprint density at radius 3 is 2.76 bits per heavy atom. The van der Waals surface area contributed by atoms with Crippen molar-refractivity contribution < 1.29 is 14.6 Å². The number of ether oxygens (including phenoxy) is 1. The molecule has 2 rings (SSSR count). The van der Waals surface area contributed by atoms with E-state index in [-0.39, 0.29) is 5.75 Å². The molecule has 0 fully saturated rings. The maximum atomic E-state index is 9.54. The van der Waals surface area contributed by atoms with Crippen molar-refractivity contribution >= 4 is 28.6 Å². The molecule has 0 bridgehead atoms. The van der Waals surface area contributed by atoms with E-state index in [0.29, 0.717) is 21.7 Å². The van der Waals surface area contributed by atoms with Crippen LogP contribution in [0.5, 0.6) is 11.5 Å². The van der Waals surface area contributed by atoms with Gasteiger partial charge in [-0.3, -0.25) is 4.98 Å². The van der Waals surface area contributed by atoms with Crippen LogP contribution in [-0.4, -0.2) is 23.3 Å². The maximum absolute atomic E-state index is 9.54. The van der Waals surface area contributed by atoms with Gasteiger partial charge >= 0.3 is 0 Å². The Hall–Kier alpha value is -2.10. The van der Waals surface area contributed by atoms with Crippen LogP contribution in [0.3, 0.4) is 0 Å². The van der Waals surface area contributed by atoms with Crippen molar-refractivity contribution in [3.8, 4) is 11.5 Å². The number of hydrogen-bond acceptors (Lipinski definition) is 5. The van der Waals surface area contributed by atoms with E-state index in [1.54, 1.807) is 12.1 Å². The molecule has 0 atom stereocenters. The number of nitrogens with one attached hydrogen (secondary N) is 1. The number of nitrogens with zero attached hydrogens (tertiary/aromatic N) is 1. The summed E-state index contributed by atoms with van der Waals surface area (Å²) >= 11 is 5.91. The zero-order valence-corrected chi connectivity index (χ0v) is 9.65. The van der Waals surface area contributed by atoms with Gasteiger partial charge in [0.2, 0.25) is 6.08 Å². The van der Waals surface area contributed by atoms with Crippen molar-refractivity contribution in [1.82, 2.24) is 4.98 Å². The SMILES string of the molecule is COc1cc2c(O)ccnc2cc1Cl.N=C=O. The van der Waals surface area contributed by atoms with Crippen molar-refractivity contribution in [3.63, 3.8) is 0 Å². The standard InChI is InChI=1S/C10H8ClNO2.CHNO/c1-14-10-4-6-8(5-7(10)11)12-3-2-9(6)13;2-1-3/h2-5H,1H3,(H,12,13);2H. The zero-order chi connectivity index (χ0) is 12.8. The highest BCUT2D eigenvalue weighted by atomic mass is 35.5. The number of methoxy groups -OCH3 is 1. The summed E-state index contributed by atoms with van der Waals surface area (Å²) in [7, 11) is 1.53. The van der Waals surface area contributed by atoms with E-state index in [4.69, 9.17) is 26.5 Å². The summed E-state index contributed by atoms with van der Waals surface area (Å²) in [5, 5.41) is 16.1. The average Bonchev–Trinajstić information content (AvgIpc) is 2.30. The second-order valence-electron chi connectivity index (χ2n) is 2.94. The largest absolute Gasteiger partial charge is 0.507 e. The molecule has 2 N–H and O–H groups in total. The van der Waals surface area contributed by atoms with E-state index < -0.39 is 0 Å². The number of halogens is 1. The molecule has 17 heavy (non-hydrogen) atoms. The lowest BCUT2D eigenvalue weighted by Gasteiger charge is -2.05. The molecular formula is C11H9ClN2O3. The number of fused-ring (bicyclic) bond motifs is 1. The molecule has 0 radical (unpaired) electrons. The third-order valence-electron chi connectivity index (χ3n) is 1.99. The second kappa shape index (κ2) is 5.84. The molecule has 0 spiro atoms. The number of pyridine rings is 1. The second-order valence-corrected chi connectivity index (χ2v) is 3.34. The minimum atomic E-state index is 0.171. The van der Waals surface area contributed by atoms with E-state index in [1.165, 1.54) is 19.4 Å². The van der Waals surface area contributed by atoms with Crippen LogP contribution in [0.1, 0.15) is 0 Å². The lowest BCUT2D eigenvalue weighted by molar-refractivity contribution is 0.415. The maximum Gasteiger partial charge on any atom is 0.231 e. The van der Waals surface area contributed by atoms with E-state index >= 15 is 0 Å². The predicted octanol–water partition coefficient (Wildman–Crippen LogP) is 2.50. The molecule has 0 aliphatic heterocycles. The molecule has 5 nitrogen and oxygen atoms in total. The number of aromatic hydroxyl groups is 1. The van der Waals surface area contributed by atoms with Crippen molar-refractivity contribution in [3.05, 3.63) is 29.4 Å². The monoisotopic (exact) mass is 252 g/mol. The number of hydrogen-bond donors (Lipinski definition) is 2. The highest BCUT2D eigenvalue weighted by Gasteiger charge is 2.06. The predicted molar refractivity (Wildman–Crippen MR) is 63.4 cm³/mol.